The van der Waals surface area contributed by atoms with Crippen molar-refractivity contribution in [2.24, 2.45) is 0 Å². The lowest BCUT2D eigenvalue weighted by molar-refractivity contribution is -0.146. The summed E-state index contributed by atoms with van der Waals surface area (Å²) >= 11 is 1.54. The number of piperidine rings is 1. The largest absolute Gasteiger partial charge is 0.352 e. The quantitative estimate of drug-likeness (QED) is 0.553. The van der Waals surface area contributed by atoms with Gasteiger partial charge in [-0.1, -0.05) is 11.8 Å². The zero-order chi connectivity index (χ0) is 20.9. The average Bonchev–Trinajstić information content (AvgIpc) is 2.70. The monoisotopic (exact) mass is 414 g/mol. The van der Waals surface area contributed by atoms with Crippen LogP contribution in [-0.2, 0) is 11.3 Å². The predicted octanol–water partition coefficient (Wildman–Crippen LogP) is 1.48. The molecule has 1 amide bonds. The van der Waals surface area contributed by atoms with E-state index in [1.54, 1.807) is 25.6 Å². The third-order valence-corrected chi connectivity index (χ3v) is 6.67. The maximum atomic E-state index is 12.9. The summed E-state index contributed by atoms with van der Waals surface area (Å²) in [5, 5.41) is 0.775. The lowest BCUT2D eigenvalue weighted by Gasteiger charge is -2.56. The molecule has 3 aliphatic heterocycles. The summed E-state index contributed by atoms with van der Waals surface area (Å²) in [5.74, 6) is 0.955. The van der Waals surface area contributed by atoms with E-state index < -0.39 is 0 Å². The number of hydrogen-bond donors (Lipinski definition) is 0. The highest BCUT2D eigenvalue weighted by molar-refractivity contribution is 7.98. The van der Waals surface area contributed by atoms with Gasteiger partial charge in [0.1, 0.15) is 12.4 Å². The summed E-state index contributed by atoms with van der Waals surface area (Å²) in [4.78, 5) is 43.0. The van der Waals surface area contributed by atoms with Gasteiger partial charge in [0.2, 0.25) is 5.91 Å². The van der Waals surface area contributed by atoms with E-state index in [1.165, 1.54) is 10.9 Å². The first kappa shape index (κ1) is 19.9. The Balaban J connectivity index is 1.49. The third-order valence-electron chi connectivity index (χ3n) is 6.13. The van der Waals surface area contributed by atoms with Gasteiger partial charge in [-0.05, 0) is 40.4 Å². The summed E-state index contributed by atoms with van der Waals surface area (Å²) in [6, 6.07) is 0.313. The summed E-state index contributed by atoms with van der Waals surface area (Å²) in [6.07, 6.45) is 4.45. The number of aryl methyl sites for hydroxylation is 2. The fraction of sp³-hybridized carbons (Fsp3) is 0.550. The van der Waals surface area contributed by atoms with Crippen LogP contribution in [-0.4, -0.2) is 61.8 Å². The lowest BCUT2D eigenvalue weighted by atomic mass is 9.87. The SMILES string of the molecule is CSc1nc(C)c(C)c(N2CC3CC(C2)N3C(=O)Cn2cnc(C)c(C)c2=O)n1. The number of anilines is 1. The Labute approximate surface area is 174 Å². The molecule has 0 aromatic carbocycles. The van der Waals surface area contributed by atoms with Crippen LogP contribution in [0.3, 0.4) is 0 Å². The van der Waals surface area contributed by atoms with Crippen molar-refractivity contribution in [2.75, 3.05) is 24.2 Å². The molecule has 29 heavy (non-hydrogen) atoms. The van der Waals surface area contributed by atoms with Crippen molar-refractivity contribution in [3.8, 4) is 0 Å². The molecule has 5 rings (SSSR count). The van der Waals surface area contributed by atoms with Gasteiger partial charge < -0.3 is 9.80 Å². The lowest BCUT2D eigenvalue weighted by Crippen LogP contribution is -2.71. The summed E-state index contributed by atoms with van der Waals surface area (Å²) in [7, 11) is 0. The minimum absolute atomic E-state index is 0.0153. The van der Waals surface area contributed by atoms with E-state index in [4.69, 9.17) is 4.98 Å². The van der Waals surface area contributed by atoms with Gasteiger partial charge in [-0.3, -0.25) is 14.2 Å². The van der Waals surface area contributed by atoms with Gasteiger partial charge in [0.25, 0.3) is 5.56 Å². The molecule has 0 spiro atoms. The molecule has 9 heteroatoms. The number of aromatic nitrogens is 4. The molecule has 3 saturated heterocycles. The zero-order valence-electron chi connectivity index (χ0n) is 17.5. The van der Waals surface area contributed by atoms with Crippen LogP contribution in [0.1, 0.15) is 28.9 Å². The van der Waals surface area contributed by atoms with Gasteiger partial charge in [0.05, 0.1) is 18.4 Å². The highest BCUT2D eigenvalue weighted by atomic mass is 32.2. The third kappa shape index (κ3) is 3.41. The number of fused-ring (bicyclic) bond motifs is 2. The molecule has 0 N–H and O–H groups in total. The van der Waals surface area contributed by atoms with Crippen LogP contribution in [0.4, 0.5) is 5.82 Å². The van der Waals surface area contributed by atoms with Crippen LogP contribution < -0.4 is 10.5 Å². The van der Waals surface area contributed by atoms with Crippen LogP contribution in [0.25, 0.3) is 0 Å². The molecule has 3 aliphatic rings. The Morgan fingerprint density at radius 2 is 1.79 bits per heavy atom. The van der Waals surface area contributed by atoms with Crippen molar-refractivity contribution < 1.29 is 4.79 Å². The molecule has 2 unspecified atom stereocenters. The highest BCUT2D eigenvalue weighted by Crippen LogP contribution is 2.36. The number of thioether (sulfide) groups is 1. The highest BCUT2D eigenvalue weighted by Gasteiger charge is 2.47. The second kappa shape index (κ2) is 7.44. The second-order valence-corrected chi connectivity index (χ2v) is 8.66. The van der Waals surface area contributed by atoms with E-state index >= 15 is 0 Å². The van der Waals surface area contributed by atoms with Gasteiger partial charge in [0.15, 0.2) is 5.16 Å². The molecule has 2 bridgehead atoms. The number of hydrogen-bond acceptors (Lipinski definition) is 7. The molecule has 2 aromatic rings. The Morgan fingerprint density at radius 3 is 2.45 bits per heavy atom. The van der Waals surface area contributed by atoms with E-state index in [0.29, 0.717) is 11.3 Å². The van der Waals surface area contributed by atoms with Gasteiger partial charge in [0, 0.05) is 35.6 Å². The number of nitrogens with zero attached hydrogens (tertiary/aromatic N) is 6. The molecule has 8 nitrogen and oxygen atoms in total. The van der Waals surface area contributed by atoms with E-state index in [2.05, 4.69) is 21.8 Å². The molecule has 0 aliphatic carbocycles. The molecule has 3 fully saturated rings. The molecular formula is C20H26N6O2S. The average molecular weight is 415 g/mol. The maximum absolute atomic E-state index is 12.9. The van der Waals surface area contributed by atoms with Crippen molar-refractivity contribution in [1.82, 2.24) is 24.4 Å². The van der Waals surface area contributed by atoms with Crippen molar-refractivity contribution in [3.05, 3.63) is 39.2 Å². The van der Waals surface area contributed by atoms with Gasteiger partial charge in [-0.2, -0.15) is 0 Å². The Hall–Kier alpha value is -2.42. The smallest absolute Gasteiger partial charge is 0.256 e. The van der Waals surface area contributed by atoms with Gasteiger partial charge in [-0.25, -0.2) is 15.0 Å². The normalized spacial score (nSPS) is 20.6. The van der Waals surface area contributed by atoms with E-state index in [0.717, 1.165) is 41.7 Å². The molecule has 0 radical (unpaired) electrons. The Morgan fingerprint density at radius 1 is 1.10 bits per heavy atom. The summed E-state index contributed by atoms with van der Waals surface area (Å²) < 4.78 is 1.42. The summed E-state index contributed by atoms with van der Waals surface area (Å²) in [6.45, 7) is 9.17. The van der Waals surface area contributed by atoms with E-state index in [9.17, 15) is 9.59 Å². The molecule has 5 heterocycles. The minimum Gasteiger partial charge on any atom is -0.352 e. The number of carbonyl (C=O) groups is 1. The molecule has 154 valence electrons. The zero-order valence-corrected chi connectivity index (χ0v) is 18.3. The van der Waals surface area contributed by atoms with Crippen LogP contribution in [0.15, 0.2) is 16.3 Å². The number of amides is 1. The van der Waals surface area contributed by atoms with Gasteiger partial charge in [-0.15, -0.1) is 0 Å². The predicted molar refractivity (Wildman–Crippen MR) is 113 cm³/mol. The van der Waals surface area contributed by atoms with Crippen molar-refractivity contribution >= 4 is 23.5 Å². The fourth-order valence-corrected chi connectivity index (χ4v) is 4.60. The number of rotatable bonds is 4. The van der Waals surface area contributed by atoms with Crippen molar-refractivity contribution in [2.45, 2.75) is 57.9 Å². The topological polar surface area (TPSA) is 84.2 Å². The Kier molecular flexibility index (Phi) is 5.10. The number of piperazine rings is 1. The van der Waals surface area contributed by atoms with Crippen LogP contribution in [0.5, 0.6) is 0 Å². The second-order valence-electron chi connectivity index (χ2n) is 7.88. The molecule has 2 aromatic heterocycles. The fourth-order valence-electron chi connectivity index (χ4n) is 4.19. The Bertz CT molecular complexity index is 1020. The van der Waals surface area contributed by atoms with E-state index in [1.807, 2.05) is 18.1 Å². The first-order valence-corrected chi connectivity index (χ1v) is 11.0. The molecule has 0 saturated carbocycles. The summed E-state index contributed by atoms with van der Waals surface area (Å²) in [5.41, 5.74) is 3.24. The first-order chi connectivity index (χ1) is 13.8. The molecule has 2 atom stereocenters. The first-order valence-electron chi connectivity index (χ1n) is 9.78. The van der Waals surface area contributed by atoms with Crippen LogP contribution in [0.2, 0.25) is 0 Å². The number of carbonyl (C=O) groups excluding carboxylic acids is 1. The standard InChI is InChI=1S/C20H26N6O2S/c1-11-14(4)22-20(29-5)23-18(11)24-7-15-6-16(8-24)26(15)17(27)9-25-10-21-13(3)12(2)19(25)28/h10,15-16H,6-9H2,1-5H3. The maximum Gasteiger partial charge on any atom is 0.256 e. The molecular weight excluding hydrogens is 388 g/mol. The van der Waals surface area contributed by atoms with Crippen molar-refractivity contribution in [1.29, 1.82) is 0 Å². The van der Waals surface area contributed by atoms with Gasteiger partial charge >= 0.3 is 0 Å². The minimum atomic E-state index is -0.144. The van der Waals surface area contributed by atoms with Crippen molar-refractivity contribution in [3.63, 3.8) is 0 Å². The van der Waals surface area contributed by atoms with Crippen LogP contribution in [0, 0.1) is 27.7 Å². The van der Waals surface area contributed by atoms with Crippen LogP contribution >= 0.6 is 11.8 Å². The van der Waals surface area contributed by atoms with E-state index in [-0.39, 0.29) is 30.1 Å².